The van der Waals surface area contributed by atoms with Gasteiger partial charge in [0.2, 0.25) is 0 Å². The topological polar surface area (TPSA) is 37.3 Å². The molecule has 20 heavy (non-hydrogen) atoms. The van der Waals surface area contributed by atoms with Crippen LogP contribution >= 0.6 is 0 Å². The van der Waals surface area contributed by atoms with E-state index in [-0.39, 0.29) is 0 Å². The summed E-state index contributed by atoms with van der Waals surface area (Å²) in [6.07, 6.45) is 0. The fourth-order valence-electron chi connectivity index (χ4n) is 2.40. The van der Waals surface area contributed by atoms with Gasteiger partial charge in [-0.25, -0.2) is 4.79 Å². The van der Waals surface area contributed by atoms with Crippen LogP contribution < -0.4 is 0 Å². The summed E-state index contributed by atoms with van der Waals surface area (Å²) in [7, 11) is 0. The minimum atomic E-state index is -0.884. The van der Waals surface area contributed by atoms with Crippen LogP contribution in [-0.2, 0) is 0 Å². The van der Waals surface area contributed by atoms with Gasteiger partial charge in [0.05, 0.1) is 5.56 Å². The second-order valence-corrected chi connectivity index (χ2v) is 4.90. The van der Waals surface area contributed by atoms with Crippen LogP contribution in [0.2, 0.25) is 0 Å². The zero-order chi connectivity index (χ0) is 14.1. The zero-order valence-corrected chi connectivity index (χ0v) is 11.1. The average molecular weight is 262 g/mol. The van der Waals surface area contributed by atoms with Crippen LogP contribution in [0.4, 0.5) is 0 Å². The largest absolute Gasteiger partial charge is 0.478 e. The number of hydrogen-bond acceptors (Lipinski definition) is 1. The van der Waals surface area contributed by atoms with Crippen molar-refractivity contribution in [3.63, 3.8) is 0 Å². The third-order valence-corrected chi connectivity index (χ3v) is 3.55. The van der Waals surface area contributed by atoms with E-state index in [1.54, 1.807) is 6.07 Å². The summed E-state index contributed by atoms with van der Waals surface area (Å²) in [4.78, 5) is 11.2. The number of carboxylic acid groups (broad SMARTS) is 1. The summed E-state index contributed by atoms with van der Waals surface area (Å²) in [6.45, 7) is 1.81. The molecule has 0 aromatic heterocycles. The highest BCUT2D eigenvalue weighted by Crippen LogP contribution is 2.26. The van der Waals surface area contributed by atoms with Gasteiger partial charge >= 0.3 is 5.97 Å². The number of carbonyl (C=O) groups is 1. The maximum Gasteiger partial charge on any atom is 0.335 e. The predicted octanol–water partition coefficient (Wildman–Crippen LogP) is 4.51. The van der Waals surface area contributed by atoms with Crippen LogP contribution in [0.1, 0.15) is 15.9 Å². The van der Waals surface area contributed by atoms with E-state index >= 15 is 0 Å². The minimum absolute atomic E-state index is 0.357. The first kappa shape index (κ1) is 12.4. The van der Waals surface area contributed by atoms with Crippen molar-refractivity contribution in [2.45, 2.75) is 6.92 Å². The molecule has 2 heteroatoms. The molecular formula is C18H14O2. The van der Waals surface area contributed by atoms with Gasteiger partial charge in [-0.2, -0.15) is 0 Å². The maximum atomic E-state index is 11.2. The number of rotatable bonds is 2. The van der Waals surface area contributed by atoms with E-state index in [4.69, 9.17) is 0 Å². The maximum absolute atomic E-state index is 11.2. The van der Waals surface area contributed by atoms with Crippen molar-refractivity contribution >= 4 is 16.7 Å². The highest BCUT2D eigenvalue weighted by molar-refractivity contribution is 5.92. The normalized spacial score (nSPS) is 10.7. The van der Waals surface area contributed by atoms with Crippen molar-refractivity contribution in [2.75, 3.05) is 0 Å². The fourth-order valence-corrected chi connectivity index (χ4v) is 2.40. The zero-order valence-electron chi connectivity index (χ0n) is 11.1. The summed E-state index contributed by atoms with van der Waals surface area (Å²) >= 11 is 0. The monoisotopic (exact) mass is 262 g/mol. The number of aromatic carboxylic acids is 1. The summed E-state index contributed by atoms with van der Waals surface area (Å²) in [5.41, 5.74) is 3.10. The molecule has 0 radical (unpaired) electrons. The van der Waals surface area contributed by atoms with Gasteiger partial charge in [-0.1, -0.05) is 48.5 Å². The van der Waals surface area contributed by atoms with Crippen LogP contribution in [0.3, 0.4) is 0 Å². The van der Waals surface area contributed by atoms with Crippen molar-refractivity contribution in [3.8, 4) is 11.1 Å². The van der Waals surface area contributed by atoms with Gasteiger partial charge in [-0.3, -0.25) is 0 Å². The Labute approximate surface area is 117 Å². The van der Waals surface area contributed by atoms with Gasteiger partial charge in [0, 0.05) is 0 Å². The Balaban J connectivity index is 2.15. The molecule has 0 aliphatic heterocycles. The summed E-state index contributed by atoms with van der Waals surface area (Å²) < 4.78 is 0. The number of benzene rings is 3. The van der Waals surface area contributed by atoms with Crippen molar-refractivity contribution in [2.24, 2.45) is 0 Å². The van der Waals surface area contributed by atoms with Crippen molar-refractivity contribution < 1.29 is 9.90 Å². The first-order valence-corrected chi connectivity index (χ1v) is 6.48. The second kappa shape index (κ2) is 4.82. The third-order valence-electron chi connectivity index (χ3n) is 3.55. The number of hydrogen-bond donors (Lipinski definition) is 1. The van der Waals surface area contributed by atoms with Crippen molar-refractivity contribution in [1.82, 2.24) is 0 Å². The molecule has 1 N–H and O–H groups in total. The molecule has 3 aromatic carbocycles. The molecular weight excluding hydrogens is 248 g/mol. The van der Waals surface area contributed by atoms with Gasteiger partial charge in [-0.15, -0.1) is 0 Å². The lowest BCUT2D eigenvalue weighted by Gasteiger charge is -2.07. The van der Waals surface area contributed by atoms with Gasteiger partial charge in [-0.05, 0) is 46.5 Å². The molecule has 0 saturated carbocycles. The highest BCUT2D eigenvalue weighted by Gasteiger charge is 2.09. The fraction of sp³-hybridized carbons (Fsp3) is 0.0556. The average Bonchev–Trinajstić information content (AvgIpc) is 2.47. The van der Waals surface area contributed by atoms with E-state index in [0.717, 1.165) is 22.1 Å². The first-order chi connectivity index (χ1) is 9.65. The number of fused-ring (bicyclic) bond motifs is 1. The molecule has 0 aliphatic rings. The molecule has 0 atom stereocenters. The van der Waals surface area contributed by atoms with E-state index in [9.17, 15) is 9.90 Å². The lowest BCUT2D eigenvalue weighted by Crippen LogP contribution is -1.99. The van der Waals surface area contributed by atoms with Gasteiger partial charge in [0.1, 0.15) is 0 Å². The summed E-state index contributed by atoms with van der Waals surface area (Å²) in [5, 5.41) is 11.5. The van der Waals surface area contributed by atoms with Gasteiger partial charge in [0.15, 0.2) is 0 Å². The molecule has 0 spiro atoms. The molecule has 0 fully saturated rings. The lowest BCUT2D eigenvalue weighted by molar-refractivity contribution is 0.0696. The quantitative estimate of drug-likeness (QED) is 0.737. The Morgan fingerprint density at radius 1 is 0.850 bits per heavy atom. The first-order valence-electron chi connectivity index (χ1n) is 6.48. The van der Waals surface area contributed by atoms with E-state index < -0.39 is 5.97 Å². The second-order valence-electron chi connectivity index (χ2n) is 4.90. The molecule has 0 bridgehead atoms. The Bertz CT molecular complexity index is 803. The molecule has 0 unspecified atom stereocenters. The van der Waals surface area contributed by atoms with Gasteiger partial charge in [0.25, 0.3) is 0 Å². The van der Waals surface area contributed by atoms with Crippen LogP contribution in [0.25, 0.3) is 21.9 Å². The molecule has 0 aliphatic carbocycles. The molecule has 2 nitrogen and oxygen atoms in total. The van der Waals surface area contributed by atoms with E-state index in [0.29, 0.717) is 5.56 Å². The van der Waals surface area contributed by atoms with E-state index in [2.05, 4.69) is 24.3 Å². The molecule has 3 aromatic rings. The van der Waals surface area contributed by atoms with Crippen LogP contribution in [0, 0.1) is 6.92 Å². The molecule has 3 rings (SSSR count). The van der Waals surface area contributed by atoms with Crippen LogP contribution in [0.5, 0.6) is 0 Å². The van der Waals surface area contributed by atoms with E-state index in [1.807, 2.05) is 37.3 Å². The molecule has 0 amide bonds. The van der Waals surface area contributed by atoms with E-state index in [1.165, 1.54) is 5.39 Å². The molecule has 98 valence electrons. The number of aryl methyl sites for hydroxylation is 1. The SMILES string of the molecule is Cc1ccc(-c2ccc3ccccc3c2)cc1C(=O)O. The lowest BCUT2D eigenvalue weighted by atomic mass is 9.97. The van der Waals surface area contributed by atoms with Crippen LogP contribution in [0.15, 0.2) is 60.7 Å². The number of carboxylic acids is 1. The van der Waals surface area contributed by atoms with Crippen molar-refractivity contribution in [3.05, 3.63) is 71.8 Å². The summed E-state index contributed by atoms with van der Waals surface area (Å²) in [6, 6.07) is 19.9. The molecule has 0 saturated heterocycles. The van der Waals surface area contributed by atoms with Crippen molar-refractivity contribution in [1.29, 1.82) is 0 Å². The highest BCUT2D eigenvalue weighted by atomic mass is 16.4. The smallest absolute Gasteiger partial charge is 0.335 e. The molecule has 0 heterocycles. The Hall–Kier alpha value is -2.61. The summed E-state index contributed by atoms with van der Waals surface area (Å²) in [5.74, 6) is -0.884. The minimum Gasteiger partial charge on any atom is -0.478 e. The van der Waals surface area contributed by atoms with Gasteiger partial charge < -0.3 is 5.11 Å². The Kier molecular flexibility index (Phi) is 2.99. The van der Waals surface area contributed by atoms with Crippen LogP contribution in [-0.4, -0.2) is 11.1 Å². The Morgan fingerprint density at radius 2 is 1.50 bits per heavy atom. The predicted molar refractivity (Wildman–Crippen MR) is 81.1 cm³/mol. The Morgan fingerprint density at radius 3 is 2.25 bits per heavy atom. The standard InChI is InChI=1S/C18H14O2/c1-12-6-7-16(11-17(12)18(19)20)15-9-8-13-4-2-3-5-14(13)10-15/h2-11H,1H3,(H,19,20). The third kappa shape index (κ3) is 2.16.